The Morgan fingerprint density at radius 1 is 1.03 bits per heavy atom. The van der Waals surface area contributed by atoms with Crippen molar-refractivity contribution in [2.24, 2.45) is 0 Å². The molecule has 0 bridgehead atoms. The second-order valence-electron chi connectivity index (χ2n) is 8.84. The van der Waals surface area contributed by atoms with E-state index in [0.717, 1.165) is 50.9 Å². The molecule has 1 saturated carbocycles. The zero-order valence-corrected chi connectivity index (χ0v) is 19.1. The molecule has 2 aromatic rings. The third-order valence-electron chi connectivity index (χ3n) is 6.72. The van der Waals surface area contributed by atoms with Gasteiger partial charge in [0.2, 0.25) is 10.0 Å². The average Bonchev–Trinajstić information content (AvgIpc) is 3.28. The predicted molar refractivity (Wildman–Crippen MR) is 123 cm³/mol. The Kier molecular flexibility index (Phi) is 6.08. The first kappa shape index (κ1) is 21.8. The van der Waals surface area contributed by atoms with Crippen molar-refractivity contribution < 1.29 is 13.2 Å². The van der Waals surface area contributed by atoms with E-state index in [9.17, 15) is 13.2 Å². The Morgan fingerprint density at radius 2 is 1.71 bits per heavy atom. The maximum absolute atomic E-state index is 13.3. The Bertz CT molecular complexity index is 1040. The van der Waals surface area contributed by atoms with Gasteiger partial charge in [-0.3, -0.25) is 4.79 Å². The van der Waals surface area contributed by atoms with Crippen LogP contribution in [0.15, 0.2) is 53.4 Å². The maximum Gasteiger partial charge on any atom is 0.253 e. The molecule has 0 radical (unpaired) electrons. The van der Waals surface area contributed by atoms with Crippen molar-refractivity contribution in [1.29, 1.82) is 0 Å². The van der Waals surface area contributed by atoms with Crippen LogP contribution in [-0.2, 0) is 15.4 Å². The normalized spacial score (nSPS) is 18.1. The third kappa shape index (κ3) is 4.21. The summed E-state index contributed by atoms with van der Waals surface area (Å²) in [5.74, 6) is -0.208. The lowest BCUT2D eigenvalue weighted by Crippen LogP contribution is -2.45. The second kappa shape index (κ2) is 8.63. The summed E-state index contributed by atoms with van der Waals surface area (Å²) in [5.41, 5.74) is 2.48. The van der Waals surface area contributed by atoms with Gasteiger partial charge in [-0.25, -0.2) is 12.7 Å². The summed E-state index contributed by atoms with van der Waals surface area (Å²) in [5, 5.41) is 3.14. The van der Waals surface area contributed by atoms with E-state index in [1.54, 1.807) is 12.1 Å². The van der Waals surface area contributed by atoms with E-state index in [1.807, 2.05) is 18.2 Å². The Morgan fingerprint density at radius 3 is 2.29 bits per heavy atom. The first-order valence-corrected chi connectivity index (χ1v) is 12.4. The number of carbonyl (C=O) groups is 1. The molecule has 4 rings (SSSR count). The molecule has 6 nitrogen and oxygen atoms in total. The van der Waals surface area contributed by atoms with Crippen LogP contribution in [0.2, 0.25) is 0 Å². The molecule has 1 heterocycles. The Labute approximate surface area is 185 Å². The quantitative estimate of drug-likeness (QED) is 0.715. The minimum absolute atomic E-state index is 0.0297. The summed E-state index contributed by atoms with van der Waals surface area (Å²) in [4.78, 5) is 15.7. The highest BCUT2D eigenvalue weighted by molar-refractivity contribution is 7.89. The van der Waals surface area contributed by atoms with Crippen LogP contribution in [0.1, 0.15) is 48.0 Å². The molecule has 1 aliphatic carbocycles. The second-order valence-corrected chi connectivity index (χ2v) is 11.0. The van der Waals surface area contributed by atoms with Crippen molar-refractivity contribution in [2.75, 3.05) is 38.6 Å². The molecule has 7 heteroatoms. The number of anilines is 1. The van der Waals surface area contributed by atoms with Crippen molar-refractivity contribution in [1.82, 2.24) is 9.62 Å². The topological polar surface area (TPSA) is 69.7 Å². The van der Waals surface area contributed by atoms with Gasteiger partial charge in [0.25, 0.3) is 5.91 Å². The van der Waals surface area contributed by atoms with Gasteiger partial charge in [-0.05, 0) is 49.4 Å². The number of hydrogen-bond acceptors (Lipinski definition) is 4. The highest BCUT2D eigenvalue weighted by atomic mass is 32.2. The molecule has 0 aromatic heterocycles. The lowest BCUT2D eigenvalue weighted by atomic mass is 9.64. The van der Waals surface area contributed by atoms with E-state index >= 15 is 0 Å². The molecule has 166 valence electrons. The summed E-state index contributed by atoms with van der Waals surface area (Å²) in [6, 6.07) is 15.3. The number of sulfonamides is 1. The summed E-state index contributed by atoms with van der Waals surface area (Å²) in [6.07, 6.45) is 5.41. The maximum atomic E-state index is 13.3. The Hall–Kier alpha value is -2.38. The van der Waals surface area contributed by atoms with E-state index in [-0.39, 0.29) is 16.2 Å². The molecule has 1 saturated heterocycles. The fourth-order valence-corrected chi connectivity index (χ4v) is 5.54. The molecule has 2 fully saturated rings. The van der Waals surface area contributed by atoms with Crippen molar-refractivity contribution in [2.45, 2.75) is 42.4 Å². The van der Waals surface area contributed by atoms with Crippen LogP contribution in [0.5, 0.6) is 0 Å². The summed E-state index contributed by atoms with van der Waals surface area (Å²) in [7, 11) is -0.611. The standard InChI is InChI=1S/C24H31N3O3S/c1-26(2)31(29,30)20-11-12-22(27-15-6-7-16-27)21(17-20)23(28)25-18-24(13-8-14-24)19-9-4-3-5-10-19/h3-5,9-12,17H,6-8,13-16,18H2,1-2H3,(H,25,28). The van der Waals surface area contributed by atoms with Crippen molar-refractivity contribution in [3.63, 3.8) is 0 Å². The highest BCUT2D eigenvalue weighted by Crippen LogP contribution is 2.43. The minimum Gasteiger partial charge on any atom is -0.371 e. The Balaban J connectivity index is 1.62. The van der Waals surface area contributed by atoms with Gasteiger partial charge in [0.15, 0.2) is 0 Å². The van der Waals surface area contributed by atoms with E-state index < -0.39 is 10.0 Å². The molecule has 0 atom stereocenters. The van der Waals surface area contributed by atoms with E-state index in [0.29, 0.717) is 12.1 Å². The summed E-state index contributed by atoms with van der Waals surface area (Å²) < 4.78 is 26.5. The van der Waals surface area contributed by atoms with Crippen LogP contribution in [0.4, 0.5) is 5.69 Å². The number of carbonyl (C=O) groups excluding carboxylic acids is 1. The predicted octanol–water partition coefficient (Wildman–Crippen LogP) is 3.39. The van der Waals surface area contributed by atoms with Crippen LogP contribution in [-0.4, -0.2) is 52.4 Å². The zero-order valence-electron chi connectivity index (χ0n) is 18.3. The fourth-order valence-electron chi connectivity index (χ4n) is 4.61. The van der Waals surface area contributed by atoms with Crippen LogP contribution >= 0.6 is 0 Å². The van der Waals surface area contributed by atoms with Crippen molar-refractivity contribution in [3.8, 4) is 0 Å². The van der Waals surface area contributed by atoms with Gasteiger partial charge in [-0.15, -0.1) is 0 Å². The SMILES string of the molecule is CN(C)S(=O)(=O)c1ccc(N2CCCC2)c(C(=O)NCC2(c3ccccc3)CCC2)c1. The number of hydrogen-bond donors (Lipinski definition) is 1. The third-order valence-corrected chi connectivity index (χ3v) is 8.53. The number of nitrogens with one attached hydrogen (secondary N) is 1. The van der Waals surface area contributed by atoms with Gasteiger partial charge in [0.05, 0.1) is 10.5 Å². The molecular weight excluding hydrogens is 410 g/mol. The largest absolute Gasteiger partial charge is 0.371 e. The van der Waals surface area contributed by atoms with Gasteiger partial charge in [-0.2, -0.15) is 0 Å². The lowest BCUT2D eigenvalue weighted by molar-refractivity contribution is 0.0928. The molecule has 1 amide bonds. The van der Waals surface area contributed by atoms with Crippen molar-refractivity contribution >= 4 is 21.6 Å². The molecule has 1 aliphatic heterocycles. The fraction of sp³-hybridized carbons (Fsp3) is 0.458. The number of rotatable bonds is 7. The summed E-state index contributed by atoms with van der Waals surface area (Å²) >= 11 is 0. The molecule has 2 aliphatic rings. The highest BCUT2D eigenvalue weighted by Gasteiger charge is 2.39. The summed E-state index contributed by atoms with van der Waals surface area (Å²) in [6.45, 7) is 2.32. The van der Waals surface area contributed by atoms with Crippen LogP contribution in [0.25, 0.3) is 0 Å². The van der Waals surface area contributed by atoms with Gasteiger partial charge in [-0.1, -0.05) is 36.8 Å². The van der Waals surface area contributed by atoms with E-state index in [2.05, 4.69) is 22.3 Å². The smallest absolute Gasteiger partial charge is 0.253 e. The van der Waals surface area contributed by atoms with Gasteiger partial charge < -0.3 is 10.2 Å². The average molecular weight is 442 g/mol. The number of benzene rings is 2. The first-order valence-electron chi connectivity index (χ1n) is 11.0. The zero-order chi connectivity index (χ0) is 22.1. The minimum atomic E-state index is -3.62. The van der Waals surface area contributed by atoms with E-state index in [1.165, 1.54) is 30.0 Å². The molecule has 0 spiro atoms. The van der Waals surface area contributed by atoms with Gasteiger partial charge in [0.1, 0.15) is 0 Å². The van der Waals surface area contributed by atoms with Gasteiger partial charge >= 0.3 is 0 Å². The van der Waals surface area contributed by atoms with Gasteiger partial charge in [0, 0.05) is 44.8 Å². The molecule has 2 aromatic carbocycles. The number of amides is 1. The molecular formula is C24H31N3O3S. The number of nitrogens with zero attached hydrogens (tertiary/aromatic N) is 2. The van der Waals surface area contributed by atoms with Crippen LogP contribution in [0, 0.1) is 0 Å². The van der Waals surface area contributed by atoms with Crippen molar-refractivity contribution in [3.05, 3.63) is 59.7 Å². The molecule has 0 unspecified atom stereocenters. The van der Waals surface area contributed by atoms with E-state index in [4.69, 9.17) is 0 Å². The monoisotopic (exact) mass is 441 g/mol. The first-order chi connectivity index (χ1) is 14.8. The van der Waals surface area contributed by atoms with Crippen LogP contribution in [0.3, 0.4) is 0 Å². The lowest BCUT2D eigenvalue weighted by Gasteiger charge is -2.42. The molecule has 31 heavy (non-hydrogen) atoms. The molecule has 1 N–H and O–H groups in total. The van der Waals surface area contributed by atoms with Crippen LogP contribution < -0.4 is 10.2 Å².